The van der Waals surface area contributed by atoms with Crippen molar-refractivity contribution < 1.29 is 33.0 Å². The number of rotatable bonds is 4. The van der Waals surface area contributed by atoms with Gasteiger partial charge in [0.05, 0.1) is 6.10 Å². The molecule has 0 bridgehead atoms. The minimum absolute atomic E-state index is 0.0518. The van der Waals surface area contributed by atoms with Gasteiger partial charge in [-0.05, 0) is 60.5 Å². The summed E-state index contributed by atoms with van der Waals surface area (Å²) >= 11 is 0. The second-order valence-electron chi connectivity index (χ2n) is 10.9. The number of Topliss-reactive ketones (excluding diaryl/α,β-unsaturated/α-hetero) is 1. The highest BCUT2D eigenvalue weighted by molar-refractivity contribution is 5.93. The molecule has 0 saturated heterocycles. The zero-order valence-corrected chi connectivity index (χ0v) is 19.3. The van der Waals surface area contributed by atoms with Gasteiger partial charge in [0.15, 0.2) is 18.1 Å². The zero-order valence-electron chi connectivity index (χ0n) is 19.3. The molecule has 0 aliphatic heterocycles. The number of carbonyl (C=O) groups excluding carboxylic acids is 3. The average molecular weight is 453 g/mol. The van der Waals surface area contributed by atoms with Crippen molar-refractivity contribution in [2.45, 2.75) is 84.1 Å². The van der Waals surface area contributed by atoms with Crippen molar-refractivity contribution in [1.82, 2.24) is 0 Å². The van der Waals surface area contributed by atoms with Gasteiger partial charge >= 0.3 is 5.97 Å². The predicted octanol–water partition coefficient (Wildman–Crippen LogP) is 3.91. The van der Waals surface area contributed by atoms with E-state index < -0.39 is 53.1 Å². The fourth-order valence-electron chi connectivity index (χ4n) is 8.23. The highest BCUT2D eigenvalue weighted by Gasteiger charge is 2.73. The van der Waals surface area contributed by atoms with E-state index in [0.717, 1.165) is 0 Å². The summed E-state index contributed by atoms with van der Waals surface area (Å²) in [6, 6.07) is 0. The molecule has 7 heteroatoms. The Labute approximate surface area is 188 Å². The molecule has 0 aromatic rings. The fraction of sp³-hybridized carbons (Fsp3) is 0.800. The minimum Gasteiger partial charge on any atom is -0.450 e. The number of alkyl halides is 2. The van der Waals surface area contributed by atoms with Gasteiger partial charge in [-0.25, -0.2) is 8.78 Å². The van der Waals surface area contributed by atoms with Crippen LogP contribution >= 0.6 is 0 Å². The van der Waals surface area contributed by atoms with E-state index in [1.165, 1.54) is 6.08 Å². The molecule has 0 aromatic heterocycles. The molecule has 0 unspecified atom stereocenters. The molecule has 1 N–H and O–H groups in total. The normalized spacial score (nSPS) is 47.7. The van der Waals surface area contributed by atoms with Crippen LogP contribution in [-0.2, 0) is 19.1 Å². The van der Waals surface area contributed by atoms with E-state index in [1.807, 2.05) is 13.8 Å². The van der Waals surface area contributed by atoms with Crippen LogP contribution in [0.1, 0.15) is 66.2 Å². The lowest BCUT2D eigenvalue weighted by molar-refractivity contribution is -0.207. The number of fused-ring (bicyclic) bond motifs is 5. The first-order valence-electron chi connectivity index (χ1n) is 11.8. The second kappa shape index (κ2) is 7.71. The molecular weight excluding hydrogens is 418 g/mol. The van der Waals surface area contributed by atoms with E-state index in [9.17, 15) is 23.9 Å². The molecule has 0 heterocycles. The molecule has 0 spiro atoms. The van der Waals surface area contributed by atoms with Gasteiger partial charge in [-0.2, -0.15) is 0 Å². The monoisotopic (exact) mass is 452 g/mol. The van der Waals surface area contributed by atoms with Gasteiger partial charge in [0.25, 0.3) is 0 Å². The number of aliphatic hydroxyl groups is 1. The second-order valence-corrected chi connectivity index (χ2v) is 10.9. The van der Waals surface area contributed by atoms with Crippen LogP contribution in [0, 0.1) is 34.5 Å². The van der Waals surface area contributed by atoms with E-state index in [4.69, 9.17) is 4.74 Å². The van der Waals surface area contributed by atoms with Crippen molar-refractivity contribution in [3.8, 4) is 0 Å². The van der Waals surface area contributed by atoms with E-state index in [0.29, 0.717) is 24.8 Å². The smallest absolute Gasteiger partial charge is 0.306 e. The summed E-state index contributed by atoms with van der Waals surface area (Å²) in [6.07, 6.45) is 0.901. The number of carbonyl (C=O) groups is 3. The Hall–Kier alpha value is -1.63. The van der Waals surface area contributed by atoms with Crippen LogP contribution in [0.2, 0.25) is 0 Å². The molecule has 9 atom stereocenters. The molecule has 3 saturated carbocycles. The van der Waals surface area contributed by atoms with Crippen molar-refractivity contribution >= 4 is 17.5 Å². The Morgan fingerprint density at radius 3 is 2.59 bits per heavy atom. The lowest BCUT2D eigenvalue weighted by atomic mass is 9.45. The quantitative estimate of drug-likeness (QED) is 0.654. The molecular formula is C25H34F2O5. The molecule has 4 rings (SSSR count). The molecule has 5 nitrogen and oxygen atoms in total. The maximum Gasteiger partial charge on any atom is 0.306 e. The van der Waals surface area contributed by atoms with Crippen LogP contribution in [0.5, 0.6) is 0 Å². The van der Waals surface area contributed by atoms with Crippen molar-refractivity contribution in [1.29, 1.82) is 0 Å². The summed E-state index contributed by atoms with van der Waals surface area (Å²) in [5.41, 5.74) is -2.83. The maximum absolute atomic E-state index is 15.5. The third-order valence-electron chi connectivity index (χ3n) is 9.51. The molecule has 0 radical (unpaired) electrons. The number of esters is 1. The Morgan fingerprint density at radius 1 is 1.28 bits per heavy atom. The highest BCUT2D eigenvalue weighted by atomic mass is 19.1. The number of aliphatic hydroxyl groups excluding tert-OH is 1. The first-order valence-corrected chi connectivity index (χ1v) is 11.8. The number of ether oxygens (including phenoxy) is 1. The van der Waals surface area contributed by atoms with Gasteiger partial charge in [0, 0.05) is 24.2 Å². The maximum atomic E-state index is 15.5. The summed E-state index contributed by atoms with van der Waals surface area (Å²) in [5.74, 6) is -2.61. The summed E-state index contributed by atoms with van der Waals surface area (Å²) in [4.78, 5) is 37.5. The Morgan fingerprint density at radius 2 is 1.97 bits per heavy atom. The van der Waals surface area contributed by atoms with Crippen LogP contribution in [0.15, 0.2) is 11.6 Å². The molecule has 3 fully saturated rings. The highest BCUT2D eigenvalue weighted by Crippen LogP contribution is 2.69. The van der Waals surface area contributed by atoms with Gasteiger partial charge in [0.1, 0.15) is 6.17 Å². The summed E-state index contributed by atoms with van der Waals surface area (Å²) in [7, 11) is 0. The van der Waals surface area contributed by atoms with Crippen molar-refractivity contribution in [2.24, 2.45) is 34.5 Å². The van der Waals surface area contributed by atoms with Crippen LogP contribution in [0.25, 0.3) is 0 Å². The Balaban J connectivity index is 1.82. The molecule has 32 heavy (non-hydrogen) atoms. The largest absolute Gasteiger partial charge is 0.450 e. The fourth-order valence-corrected chi connectivity index (χ4v) is 8.23. The first-order chi connectivity index (χ1) is 15.0. The number of ketones is 2. The molecule has 4 aliphatic carbocycles. The molecule has 0 amide bonds. The Bertz CT molecular complexity index is 870. The van der Waals surface area contributed by atoms with E-state index in [2.05, 4.69) is 0 Å². The van der Waals surface area contributed by atoms with E-state index in [-0.39, 0.29) is 42.8 Å². The Kier molecular flexibility index (Phi) is 5.67. The van der Waals surface area contributed by atoms with Gasteiger partial charge in [-0.1, -0.05) is 27.7 Å². The number of hydrogen-bond acceptors (Lipinski definition) is 5. The summed E-state index contributed by atoms with van der Waals surface area (Å²) in [5, 5.41) is 11.5. The number of hydrogen-bond donors (Lipinski definition) is 1. The number of halogens is 2. The third-order valence-corrected chi connectivity index (χ3v) is 9.51. The van der Waals surface area contributed by atoms with E-state index in [1.54, 1.807) is 13.8 Å². The van der Waals surface area contributed by atoms with Crippen LogP contribution < -0.4 is 0 Å². The average Bonchev–Trinajstić information content (AvgIpc) is 2.95. The summed E-state index contributed by atoms with van der Waals surface area (Å²) in [6.45, 7) is 5.91. The van der Waals surface area contributed by atoms with Crippen LogP contribution in [0.4, 0.5) is 8.78 Å². The zero-order chi connectivity index (χ0) is 23.6. The lowest BCUT2D eigenvalue weighted by Crippen LogP contribution is -2.65. The van der Waals surface area contributed by atoms with E-state index >= 15 is 4.39 Å². The van der Waals surface area contributed by atoms with Gasteiger partial charge in [-0.15, -0.1) is 0 Å². The third kappa shape index (κ3) is 2.92. The minimum atomic E-state index is -1.67. The van der Waals surface area contributed by atoms with Crippen molar-refractivity contribution in [2.75, 3.05) is 6.67 Å². The van der Waals surface area contributed by atoms with Crippen molar-refractivity contribution in [3.63, 3.8) is 0 Å². The van der Waals surface area contributed by atoms with Crippen molar-refractivity contribution in [3.05, 3.63) is 11.6 Å². The standard InChI is InChI=1S/C25H34F2O5/c1-5-21(31)32-25(20(30)12-26)13(2)8-16-15-10-18(27)17-9-14(28)6-7-23(17,3)22(15)19(29)11-24(16,25)4/h9,13,15-16,18-19,22,29H,5-8,10-12H2,1-4H3/t13-,15-,16-,18-,19-,22+,23-,24-,25-/m0/s1. The predicted molar refractivity (Wildman–Crippen MR) is 113 cm³/mol. The summed E-state index contributed by atoms with van der Waals surface area (Å²) < 4.78 is 35.1. The SMILES string of the molecule is CCC(=O)O[C@]1(C(=O)CF)[C@@H](C)C[C@H]2[C@@H]3C[C@H](F)C4=CC(=O)CC[C@]4(C)[C@H]3[C@@H](O)C[C@@]21C. The van der Waals surface area contributed by atoms with Gasteiger partial charge in [0.2, 0.25) is 5.78 Å². The molecule has 4 aliphatic rings. The van der Waals surface area contributed by atoms with Gasteiger partial charge < -0.3 is 9.84 Å². The first kappa shape index (κ1) is 23.5. The van der Waals surface area contributed by atoms with Gasteiger partial charge in [-0.3, -0.25) is 14.4 Å². The molecule has 0 aromatic carbocycles. The lowest BCUT2D eigenvalue weighted by Gasteiger charge is -2.61. The van der Waals surface area contributed by atoms with Crippen LogP contribution in [-0.4, -0.2) is 47.2 Å². The molecule has 178 valence electrons. The topological polar surface area (TPSA) is 80.7 Å². The number of allylic oxidation sites excluding steroid dienone is 1. The van der Waals surface area contributed by atoms with Crippen LogP contribution in [0.3, 0.4) is 0 Å².